The monoisotopic (exact) mass is 461 g/mol. The molecule has 0 atom stereocenters. The van der Waals surface area contributed by atoms with Gasteiger partial charge in [0.2, 0.25) is 0 Å². The van der Waals surface area contributed by atoms with Crippen molar-refractivity contribution in [3.8, 4) is 0 Å². The van der Waals surface area contributed by atoms with Crippen LogP contribution in [0.5, 0.6) is 0 Å². The average Bonchev–Trinajstić information content (AvgIpc) is 3.43. The van der Waals surface area contributed by atoms with Crippen molar-refractivity contribution in [2.45, 2.75) is 19.8 Å². The molecule has 2 aliphatic rings. The van der Waals surface area contributed by atoms with Crippen LogP contribution in [-0.2, 0) is 9.59 Å². The lowest BCUT2D eigenvalue weighted by Crippen LogP contribution is -2.32. The molecule has 2 amide bonds. The summed E-state index contributed by atoms with van der Waals surface area (Å²) >= 11 is 1.40. The molecule has 33 heavy (non-hydrogen) atoms. The van der Waals surface area contributed by atoms with E-state index in [0.29, 0.717) is 16.1 Å². The maximum Gasteiger partial charge on any atom is 0.282 e. The van der Waals surface area contributed by atoms with Crippen molar-refractivity contribution < 1.29 is 14.0 Å². The second kappa shape index (κ2) is 8.83. The van der Waals surface area contributed by atoms with E-state index in [9.17, 15) is 14.0 Å². The molecule has 0 bridgehead atoms. The van der Waals surface area contributed by atoms with Crippen LogP contribution in [0.3, 0.4) is 0 Å². The number of imide groups is 1. The van der Waals surface area contributed by atoms with E-state index in [0.717, 1.165) is 35.3 Å². The van der Waals surface area contributed by atoms with Gasteiger partial charge in [-0.05, 0) is 78.7 Å². The molecule has 1 N–H and O–H groups in total. The third kappa shape index (κ3) is 4.16. The first kappa shape index (κ1) is 21.4. The van der Waals surface area contributed by atoms with Crippen LogP contribution in [0.4, 0.5) is 21.5 Å². The Morgan fingerprint density at radius 2 is 1.58 bits per heavy atom. The summed E-state index contributed by atoms with van der Waals surface area (Å²) in [5, 5.41) is 5.06. The number of rotatable bonds is 5. The number of hydrogen-bond donors (Lipinski definition) is 1. The Kier molecular flexibility index (Phi) is 5.72. The van der Waals surface area contributed by atoms with E-state index in [1.165, 1.54) is 48.4 Å². The fourth-order valence-corrected chi connectivity index (χ4v) is 5.05. The standard InChI is InChI=1S/C26H24FN3O2S/c1-17-12-14-29(15-13-17)20-10-6-19(7-11-20)28-24-23(22-3-2-16-33-22)25(31)30(26(24)32)21-8-4-18(27)5-9-21/h2-11,16-17,28H,12-15H2,1H3. The second-order valence-corrected chi connectivity index (χ2v) is 9.44. The van der Waals surface area contributed by atoms with Gasteiger partial charge < -0.3 is 10.2 Å². The molecule has 3 aromatic rings. The maximum atomic E-state index is 13.4. The number of carbonyl (C=O) groups is 2. The van der Waals surface area contributed by atoms with Crippen LogP contribution in [-0.4, -0.2) is 24.9 Å². The molecule has 0 spiro atoms. The molecule has 5 nitrogen and oxygen atoms in total. The van der Waals surface area contributed by atoms with Crippen molar-refractivity contribution in [1.82, 2.24) is 0 Å². The zero-order chi connectivity index (χ0) is 22.9. The highest BCUT2D eigenvalue weighted by atomic mass is 32.1. The van der Waals surface area contributed by atoms with Crippen molar-refractivity contribution in [3.05, 3.63) is 82.4 Å². The number of anilines is 3. The highest BCUT2D eigenvalue weighted by Crippen LogP contribution is 2.36. The molecule has 168 valence electrons. The average molecular weight is 462 g/mol. The molecule has 0 radical (unpaired) electrons. The number of benzene rings is 2. The zero-order valence-electron chi connectivity index (χ0n) is 18.3. The Labute approximate surface area is 196 Å². The fourth-order valence-electron chi connectivity index (χ4n) is 4.29. The van der Waals surface area contributed by atoms with Crippen LogP contribution < -0.4 is 15.1 Å². The van der Waals surface area contributed by atoms with E-state index in [4.69, 9.17) is 0 Å². The Balaban J connectivity index is 1.44. The summed E-state index contributed by atoms with van der Waals surface area (Å²) in [4.78, 5) is 30.8. The molecule has 3 heterocycles. The van der Waals surface area contributed by atoms with Crippen molar-refractivity contribution >= 4 is 45.8 Å². The van der Waals surface area contributed by atoms with E-state index < -0.39 is 17.6 Å². The summed E-state index contributed by atoms with van der Waals surface area (Å²) in [5.41, 5.74) is 2.78. The lowest BCUT2D eigenvalue weighted by atomic mass is 9.99. The van der Waals surface area contributed by atoms with Crippen LogP contribution in [0.1, 0.15) is 24.6 Å². The van der Waals surface area contributed by atoms with Gasteiger partial charge in [0, 0.05) is 29.3 Å². The van der Waals surface area contributed by atoms with Gasteiger partial charge in [0.15, 0.2) is 0 Å². The van der Waals surface area contributed by atoms with Gasteiger partial charge in [0.05, 0.1) is 11.3 Å². The summed E-state index contributed by atoms with van der Waals surface area (Å²) in [6.45, 7) is 4.38. The summed E-state index contributed by atoms with van der Waals surface area (Å²) in [6.07, 6.45) is 2.37. The molecular weight excluding hydrogens is 437 g/mol. The van der Waals surface area contributed by atoms with E-state index in [1.807, 2.05) is 41.8 Å². The van der Waals surface area contributed by atoms with Crippen LogP contribution in [0, 0.1) is 11.7 Å². The fraction of sp³-hybridized carbons (Fsp3) is 0.231. The molecule has 0 aliphatic carbocycles. The third-order valence-electron chi connectivity index (χ3n) is 6.22. The number of carbonyl (C=O) groups excluding carboxylic acids is 2. The highest BCUT2D eigenvalue weighted by Gasteiger charge is 2.40. The number of thiophene rings is 1. The summed E-state index contributed by atoms with van der Waals surface area (Å²) in [6, 6.07) is 17.0. The summed E-state index contributed by atoms with van der Waals surface area (Å²) < 4.78 is 13.4. The van der Waals surface area contributed by atoms with Gasteiger partial charge in [-0.2, -0.15) is 0 Å². The van der Waals surface area contributed by atoms with E-state index in [-0.39, 0.29) is 5.70 Å². The Morgan fingerprint density at radius 1 is 0.909 bits per heavy atom. The number of hydrogen-bond acceptors (Lipinski definition) is 5. The number of halogens is 1. The minimum atomic E-state index is -0.455. The lowest BCUT2D eigenvalue weighted by Gasteiger charge is -2.32. The first-order chi connectivity index (χ1) is 16.0. The van der Waals surface area contributed by atoms with Gasteiger partial charge in [-0.3, -0.25) is 9.59 Å². The van der Waals surface area contributed by atoms with E-state index >= 15 is 0 Å². The summed E-state index contributed by atoms with van der Waals surface area (Å²) in [7, 11) is 0. The molecule has 1 saturated heterocycles. The van der Waals surface area contributed by atoms with Crippen molar-refractivity contribution in [2.75, 3.05) is 28.2 Å². The maximum absolute atomic E-state index is 13.4. The van der Waals surface area contributed by atoms with Crippen LogP contribution in [0.25, 0.3) is 5.57 Å². The van der Waals surface area contributed by atoms with Gasteiger partial charge in [0.1, 0.15) is 11.5 Å². The van der Waals surface area contributed by atoms with Crippen LogP contribution in [0.2, 0.25) is 0 Å². The lowest BCUT2D eigenvalue weighted by molar-refractivity contribution is -0.120. The van der Waals surface area contributed by atoms with Gasteiger partial charge in [-0.15, -0.1) is 11.3 Å². The summed E-state index contributed by atoms with van der Waals surface area (Å²) in [5.74, 6) is -0.537. The minimum Gasteiger partial charge on any atom is -0.372 e. The Morgan fingerprint density at radius 3 is 2.21 bits per heavy atom. The number of amides is 2. The number of piperidine rings is 1. The Hall–Kier alpha value is -3.45. The molecule has 2 aromatic carbocycles. The Bertz CT molecular complexity index is 1200. The zero-order valence-corrected chi connectivity index (χ0v) is 19.1. The van der Waals surface area contributed by atoms with E-state index in [2.05, 4.69) is 17.1 Å². The highest BCUT2D eigenvalue weighted by molar-refractivity contribution is 7.11. The molecule has 2 aliphatic heterocycles. The largest absolute Gasteiger partial charge is 0.372 e. The number of nitrogens with zero attached hydrogens (tertiary/aromatic N) is 2. The first-order valence-electron chi connectivity index (χ1n) is 11.1. The van der Waals surface area contributed by atoms with Gasteiger partial charge in [0.25, 0.3) is 11.8 Å². The molecular formula is C26H24FN3O2S. The van der Waals surface area contributed by atoms with Gasteiger partial charge >= 0.3 is 0 Å². The predicted molar refractivity (Wildman–Crippen MR) is 131 cm³/mol. The molecule has 5 rings (SSSR count). The molecule has 0 saturated carbocycles. The van der Waals surface area contributed by atoms with Crippen molar-refractivity contribution in [2.24, 2.45) is 5.92 Å². The second-order valence-electron chi connectivity index (χ2n) is 8.49. The number of nitrogens with one attached hydrogen (secondary N) is 1. The molecule has 1 aromatic heterocycles. The van der Waals surface area contributed by atoms with Crippen molar-refractivity contribution in [1.29, 1.82) is 0 Å². The van der Waals surface area contributed by atoms with Crippen molar-refractivity contribution in [3.63, 3.8) is 0 Å². The topological polar surface area (TPSA) is 52.7 Å². The van der Waals surface area contributed by atoms with E-state index in [1.54, 1.807) is 0 Å². The van der Waals surface area contributed by atoms with Gasteiger partial charge in [-0.1, -0.05) is 13.0 Å². The molecule has 1 fully saturated rings. The van der Waals surface area contributed by atoms with Crippen LogP contribution in [0.15, 0.2) is 71.7 Å². The smallest absolute Gasteiger partial charge is 0.282 e. The van der Waals surface area contributed by atoms with Gasteiger partial charge in [-0.25, -0.2) is 9.29 Å². The quantitative estimate of drug-likeness (QED) is 0.509. The normalized spacial score (nSPS) is 17.3. The molecule has 0 unspecified atom stereocenters. The third-order valence-corrected chi connectivity index (χ3v) is 7.11. The molecule has 7 heteroatoms. The first-order valence-corrected chi connectivity index (χ1v) is 11.9. The predicted octanol–water partition coefficient (Wildman–Crippen LogP) is 5.52. The van der Waals surface area contributed by atoms with Crippen LogP contribution >= 0.6 is 11.3 Å². The SMILES string of the molecule is CC1CCN(c2ccc(NC3=C(c4cccs4)C(=O)N(c4ccc(F)cc4)C3=O)cc2)CC1. The minimum absolute atomic E-state index is 0.228.